The molecule has 0 radical (unpaired) electrons. The molecule has 5 heteroatoms. The number of carbonyl (C=O) groups excluding carboxylic acids is 1. The standard InChI is InChI=1S/C15H32N2O3/c1-4-5-14(8-9-16)6-7-15(18)17(10-12-19-2)11-13-20-3/h14H,4-13,16H2,1-3H3. The van der Waals surface area contributed by atoms with Gasteiger partial charge in [0.25, 0.3) is 0 Å². The average Bonchev–Trinajstić information content (AvgIpc) is 2.45. The SMILES string of the molecule is CCCC(CCN)CCC(=O)N(CCOC)CCOC. The van der Waals surface area contributed by atoms with E-state index in [0.29, 0.717) is 45.2 Å². The Morgan fingerprint density at radius 3 is 2.15 bits per heavy atom. The number of carbonyl (C=O) groups is 1. The van der Waals surface area contributed by atoms with Crippen molar-refractivity contribution in [2.24, 2.45) is 11.7 Å². The molecule has 120 valence electrons. The predicted molar refractivity (Wildman–Crippen MR) is 81.6 cm³/mol. The van der Waals surface area contributed by atoms with Gasteiger partial charge in [0.15, 0.2) is 0 Å². The number of hydrogen-bond donors (Lipinski definition) is 1. The van der Waals surface area contributed by atoms with Crippen LogP contribution in [0, 0.1) is 5.92 Å². The van der Waals surface area contributed by atoms with Crippen LogP contribution in [0.4, 0.5) is 0 Å². The molecular formula is C15H32N2O3. The molecule has 0 aliphatic heterocycles. The summed E-state index contributed by atoms with van der Waals surface area (Å²) in [7, 11) is 3.30. The Morgan fingerprint density at radius 1 is 1.10 bits per heavy atom. The van der Waals surface area contributed by atoms with E-state index in [1.54, 1.807) is 14.2 Å². The van der Waals surface area contributed by atoms with Gasteiger partial charge in [-0.1, -0.05) is 19.8 Å². The summed E-state index contributed by atoms with van der Waals surface area (Å²) < 4.78 is 10.1. The number of nitrogens with two attached hydrogens (primary N) is 1. The Bertz CT molecular complexity index is 223. The second-order valence-corrected chi connectivity index (χ2v) is 5.14. The van der Waals surface area contributed by atoms with Crippen molar-refractivity contribution in [2.45, 2.75) is 39.0 Å². The van der Waals surface area contributed by atoms with Crippen molar-refractivity contribution in [3.05, 3.63) is 0 Å². The fraction of sp³-hybridized carbons (Fsp3) is 0.933. The van der Waals surface area contributed by atoms with Crippen molar-refractivity contribution in [1.82, 2.24) is 4.90 Å². The van der Waals surface area contributed by atoms with Crippen LogP contribution < -0.4 is 5.73 Å². The summed E-state index contributed by atoms with van der Waals surface area (Å²) in [5.41, 5.74) is 5.63. The molecular weight excluding hydrogens is 256 g/mol. The van der Waals surface area contributed by atoms with E-state index in [1.165, 1.54) is 0 Å². The highest BCUT2D eigenvalue weighted by atomic mass is 16.5. The van der Waals surface area contributed by atoms with Gasteiger partial charge in [0.05, 0.1) is 13.2 Å². The third-order valence-electron chi connectivity index (χ3n) is 3.52. The first-order valence-corrected chi connectivity index (χ1v) is 7.65. The van der Waals surface area contributed by atoms with Crippen molar-refractivity contribution in [1.29, 1.82) is 0 Å². The van der Waals surface area contributed by atoms with Gasteiger partial charge in [-0.2, -0.15) is 0 Å². The van der Waals surface area contributed by atoms with E-state index in [2.05, 4.69) is 6.92 Å². The number of ether oxygens (including phenoxy) is 2. The molecule has 5 nitrogen and oxygen atoms in total. The van der Waals surface area contributed by atoms with Crippen molar-refractivity contribution in [2.75, 3.05) is 47.1 Å². The smallest absolute Gasteiger partial charge is 0.222 e. The summed E-state index contributed by atoms with van der Waals surface area (Å²) in [4.78, 5) is 14.1. The van der Waals surface area contributed by atoms with Crippen LogP contribution in [-0.4, -0.2) is 57.9 Å². The van der Waals surface area contributed by atoms with Crippen LogP contribution in [0.5, 0.6) is 0 Å². The lowest BCUT2D eigenvalue weighted by Crippen LogP contribution is -2.36. The van der Waals surface area contributed by atoms with Gasteiger partial charge in [0, 0.05) is 33.7 Å². The Kier molecular flexibility index (Phi) is 12.9. The van der Waals surface area contributed by atoms with Crippen molar-refractivity contribution in [3.63, 3.8) is 0 Å². The average molecular weight is 288 g/mol. The van der Waals surface area contributed by atoms with Gasteiger partial charge in [-0.15, -0.1) is 0 Å². The van der Waals surface area contributed by atoms with Crippen LogP contribution in [-0.2, 0) is 14.3 Å². The maximum Gasteiger partial charge on any atom is 0.222 e. The molecule has 0 bridgehead atoms. The molecule has 0 spiro atoms. The Morgan fingerprint density at radius 2 is 1.70 bits per heavy atom. The molecule has 0 aromatic carbocycles. The molecule has 0 aromatic heterocycles. The molecule has 0 heterocycles. The summed E-state index contributed by atoms with van der Waals surface area (Å²) in [5.74, 6) is 0.762. The summed E-state index contributed by atoms with van der Waals surface area (Å²) >= 11 is 0. The number of nitrogens with zero attached hydrogens (tertiary/aromatic N) is 1. The van der Waals surface area contributed by atoms with Crippen LogP contribution in [0.15, 0.2) is 0 Å². The van der Waals surface area contributed by atoms with Crippen molar-refractivity contribution >= 4 is 5.91 Å². The fourth-order valence-electron chi connectivity index (χ4n) is 2.33. The van der Waals surface area contributed by atoms with Crippen LogP contribution in [0.3, 0.4) is 0 Å². The van der Waals surface area contributed by atoms with E-state index in [4.69, 9.17) is 15.2 Å². The fourth-order valence-corrected chi connectivity index (χ4v) is 2.33. The number of rotatable bonds is 13. The molecule has 0 saturated carbocycles. The molecule has 1 atom stereocenters. The summed E-state index contributed by atoms with van der Waals surface area (Å²) in [5, 5.41) is 0. The summed E-state index contributed by atoms with van der Waals surface area (Å²) in [6.07, 6.45) is 4.84. The van der Waals surface area contributed by atoms with Crippen LogP contribution in [0.1, 0.15) is 39.0 Å². The molecule has 1 unspecified atom stereocenters. The first kappa shape index (κ1) is 19.4. The molecule has 0 aliphatic carbocycles. The topological polar surface area (TPSA) is 64.8 Å². The minimum atomic E-state index is 0.192. The van der Waals surface area contributed by atoms with Gasteiger partial charge in [-0.05, 0) is 25.3 Å². The Labute approximate surface area is 123 Å². The molecule has 20 heavy (non-hydrogen) atoms. The molecule has 1 amide bonds. The van der Waals surface area contributed by atoms with E-state index in [0.717, 1.165) is 25.7 Å². The normalized spacial score (nSPS) is 12.4. The highest BCUT2D eigenvalue weighted by Crippen LogP contribution is 2.17. The maximum atomic E-state index is 12.3. The monoisotopic (exact) mass is 288 g/mol. The van der Waals surface area contributed by atoms with Crippen LogP contribution in [0.2, 0.25) is 0 Å². The van der Waals surface area contributed by atoms with Crippen LogP contribution >= 0.6 is 0 Å². The summed E-state index contributed by atoms with van der Waals surface area (Å²) in [6, 6.07) is 0. The zero-order valence-electron chi connectivity index (χ0n) is 13.4. The number of hydrogen-bond acceptors (Lipinski definition) is 4. The van der Waals surface area contributed by atoms with E-state index in [9.17, 15) is 4.79 Å². The third-order valence-corrected chi connectivity index (χ3v) is 3.52. The lowest BCUT2D eigenvalue weighted by Gasteiger charge is -2.23. The van der Waals surface area contributed by atoms with E-state index in [-0.39, 0.29) is 5.91 Å². The highest BCUT2D eigenvalue weighted by Gasteiger charge is 2.15. The predicted octanol–water partition coefficient (Wildman–Crippen LogP) is 1.65. The quantitative estimate of drug-likeness (QED) is 0.560. The van der Waals surface area contributed by atoms with Gasteiger partial charge in [-0.3, -0.25) is 4.79 Å². The molecule has 0 saturated heterocycles. The van der Waals surface area contributed by atoms with Gasteiger partial charge in [0.2, 0.25) is 5.91 Å². The maximum absolute atomic E-state index is 12.3. The highest BCUT2D eigenvalue weighted by molar-refractivity contribution is 5.76. The zero-order valence-corrected chi connectivity index (χ0v) is 13.4. The van der Waals surface area contributed by atoms with Gasteiger partial charge >= 0.3 is 0 Å². The van der Waals surface area contributed by atoms with Crippen LogP contribution in [0.25, 0.3) is 0 Å². The van der Waals surface area contributed by atoms with Gasteiger partial charge in [-0.25, -0.2) is 0 Å². The Balaban J connectivity index is 4.19. The summed E-state index contributed by atoms with van der Waals surface area (Å²) in [6.45, 7) is 5.28. The Hall–Kier alpha value is -0.650. The second-order valence-electron chi connectivity index (χ2n) is 5.14. The second kappa shape index (κ2) is 13.3. The third kappa shape index (κ3) is 9.28. The van der Waals surface area contributed by atoms with E-state index in [1.807, 2.05) is 4.90 Å². The van der Waals surface area contributed by atoms with E-state index >= 15 is 0 Å². The molecule has 0 rings (SSSR count). The minimum Gasteiger partial charge on any atom is -0.383 e. The number of amides is 1. The first-order chi connectivity index (χ1) is 9.69. The van der Waals surface area contributed by atoms with Crippen molar-refractivity contribution < 1.29 is 14.3 Å². The minimum absolute atomic E-state index is 0.192. The molecule has 2 N–H and O–H groups in total. The molecule has 0 aliphatic rings. The number of methoxy groups -OCH3 is 2. The lowest BCUT2D eigenvalue weighted by atomic mass is 9.94. The van der Waals surface area contributed by atoms with Gasteiger partial charge in [0.1, 0.15) is 0 Å². The van der Waals surface area contributed by atoms with Gasteiger partial charge < -0.3 is 20.1 Å². The molecule has 0 fully saturated rings. The zero-order chi connectivity index (χ0) is 15.2. The van der Waals surface area contributed by atoms with E-state index < -0.39 is 0 Å². The first-order valence-electron chi connectivity index (χ1n) is 7.65. The molecule has 0 aromatic rings. The van der Waals surface area contributed by atoms with Crippen molar-refractivity contribution in [3.8, 4) is 0 Å². The largest absolute Gasteiger partial charge is 0.383 e. The lowest BCUT2D eigenvalue weighted by molar-refractivity contribution is -0.132.